The van der Waals surface area contributed by atoms with Gasteiger partial charge in [0.25, 0.3) is 11.6 Å². The normalized spacial score (nSPS) is 11.8. The Morgan fingerprint density at radius 3 is 2.27 bits per heavy atom. The van der Waals surface area contributed by atoms with Gasteiger partial charge in [0.1, 0.15) is 5.82 Å². The summed E-state index contributed by atoms with van der Waals surface area (Å²) in [5.74, 6) is 0.368. The Morgan fingerprint density at radius 1 is 0.841 bits per heavy atom. The highest BCUT2D eigenvalue weighted by atomic mass is 32.2. The van der Waals surface area contributed by atoms with Crippen molar-refractivity contribution in [3.8, 4) is 5.69 Å². The Hall–Kier alpha value is -5.35. The molecule has 5 aromatic carbocycles. The second-order valence-electron chi connectivity index (χ2n) is 10.1. The predicted molar refractivity (Wildman–Crippen MR) is 168 cm³/mol. The minimum atomic E-state index is -0.598. The molecule has 0 aliphatic heterocycles. The van der Waals surface area contributed by atoms with E-state index in [1.54, 1.807) is 30.3 Å². The third-order valence-corrected chi connectivity index (χ3v) is 8.17. The molecule has 10 heteroatoms. The van der Waals surface area contributed by atoms with Crippen LogP contribution in [0.4, 0.5) is 10.1 Å². The van der Waals surface area contributed by atoms with Crippen LogP contribution in [0.1, 0.15) is 33.4 Å². The van der Waals surface area contributed by atoms with Crippen LogP contribution in [0.2, 0.25) is 0 Å². The summed E-state index contributed by atoms with van der Waals surface area (Å²) >= 11 is 1.39. The van der Waals surface area contributed by atoms with Gasteiger partial charge in [0, 0.05) is 29.1 Å². The number of hydrogen-bond donors (Lipinski definition) is 1. The molecular formula is C34H26FN5O3S. The molecule has 0 aliphatic carbocycles. The molecule has 0 fully saturated rings. The maximum atomic E-state index is 13.7. The fourth-order valence-corrected chi connectivity index (χ4v) is 5.84. The molecule has 6 aromatic rings. The third-order valence-electron chi connectivity index (χ3n) is 7.17. The van der Waals surface area contributed by atoms with Crippen molar-refractivity contribution >= 4 is 34.1 Å². The van der Waals surface area contributed by atoms with Crippen molar-refractivity contribution in [2.45, 2.75) is 23.4 Å². The van der Waals surface area contributed by atoms with E-state index in [-0.39, 0.29) is 17.4 Å². The minimum Gasteiger partial charge on any atom is -0.342 e. The molecule has 1 aromatic heterocycles. The number of carbonyl (C=O) groups is 1. The number of hydrogen-bond acceptors (Lipinski definition) is 6. The van der Waals surface area contributed by atoms with E-state index in [0.717, 1.165) is 21.9 Å². The molecule has 44 heavy (non-hydrogen) atoms. The first kappa shape index (κ1) is 28.8. The van der Waals surface area contributed by atoms with Crippen LogP contribution in [0.25, 0.3) is 16.5 Å². The zero-order chi connectivity index (χ0) is 30.5. The second-order valence-corrected chi connectivity index (χ2v) is 11.1. The van der Waals surface area contributed by atoms with Crippen molar-refractivity contribution < 1.29 is 14.1 Å². The smallest absolute Gasteiger partial charge is 0.269 e. The van der Waals surface area contributed by atoms with Gasteiger partial charge in [0.2, 0.25) is 0 Å². The number of nitro groups is 1. The molecule has 0 saturated carbocycles. The van der Waals surface area contributed by atoms with Gasteiger partial charge in [-0.05, 0) is 64.7 Å². The Balaban J connectivity index is 1.39. The van der Waals surface area contributed by atoms with E-state index in [0.29, 0.717) is 34.4 Å². The molecule has 1 atom stereocenters. The molecule has 1 N–H and O–H groups in total. The topological polar surface area (TPSA) is 103 Å². The Bertz CT molecular complexity index is 1930. The lowest BCUT2D eigenvalue weighted by atomic mass is 10.0. The van der Waals surface area contributed by atoms with Crippen molar-refractivity contribution in [2.24, 2.45) is 0 Å². The molecule has 6 rings (SSSR count). The highest BCUT2D eigenvalue weighted by Crippen LogP contribution is 2.30. The van der Waals surface area contributed by atoms with Gasteiger partial charge in [-0.1, -0.05) is 84.6 Å². The number of halogens is 1. The van der Waals surface area contributed by atoms with Crippen molar-refractivity contribution in [1.82, 2.24) is 20.1 Å². The van der Waals surface area contributed by atoms with Gasteiger partial charge >= 0.3 is 0 Å². The van der Waals surface area contributed by atoms with Gasteiger partial charge in [-0.15, -0.1) is 10.2 Å². The fourth-order valence-electron chi connectivity index (χ4n) is 4.92. The molecule has 218 valence electrons. The van der Waals surface area contributed by atoms with E-state index in [1.807, 2.05) is 71.3 Å². The molecular weight excluding hydrogens is 577 g/mol. The number of nitrogens with zero attached hydrogens (tertiary/aromatic N) is 4. The van der Waals surface area contributed by atoms with Crippen LogP contribution in [-0.2, 0) is 12.2 Å². The van der Waals surface area contributed by atoms with Gasteiger partial charge in [0.05, 0.1) is 11.0 Å². The van der Waals surface area contributed by atoms with Crippen LogP contribution >= 0.6 is 11.8 Å². The Morgan fingerprint density at radius 2 is 1.55 bits per heavy atom. The van der Waals surface area contributed by atoms with Crippen LogP contribution in [-0.4, -0.2) is 25.6 Å². The van der Waals surface area contributed by atoms with E-state index >= 15 is 0 Å². The van der Waals surface area contributed by atoms with Gasteiger partial charge in [-0.3, -0.25) is 19.5 Å². The van der Waals surface area contributed by atoms with Crippen molar-refractivity contribution in [1.29, 1.82) is 0 Å². The van der Waals surface area contributed by atoms with Crippen LogP contribution in [0.3, 0.4) is 0 Å². The number of benzene rings is 5. The summed E-state index contributed by atoms with van der Waals surface area (Å²) in [4.78, 5) is 24.6. The summed E-state index contributed by atoms with van der Waals surface area (Å²) in [6.07, 6.45) is 0.425. The molecule has 8 nitrogen and oxygen atoms in total. The van der Waals surface area contributed by atoms with Crippen molar-refractivity contribution in [2.75, 3.05) is 0 Å². The number of carbonyl (C=O) groups excluding carboxylic acids is 1. The lowest BCUT2D eigenvalue weighted by molar-refractivity contribution is -0.384. The molecule has 0 spiro atoms. The maximum absolute atomic E-state index is 13.7. The van der Waals surface area contributed by atoms with Gasteiger partial charge < -0.3 is 5.32 Å². The second kappa shape index (κ2) is 12.9. The van der Waals surface area contributed by atoms with Crippen LogP contribution in [0.5, 0.6) is 0 Å². The number of amides is 1. The molecule has 0 radical (unpaired) electrons. The fraction of sp³-hybridized carbons (Fsp3) is 0.0882. The van der Waals surface area contributed by atoms with E-state index in [4.69, 9.17) is 0 Å². The van der Waals surface area contributed by atoms with Gasteiger partial charge in [-0.25, -0.2) is 4.39 Å². The van der Waals surface area contributed by atoms with Crippen LogP contribution in [0.15, 0.2) is 126 Å². The van der Waals surface area contributed by atoms with E-state index in [1.165, 1.54) is 36.0 Å². The molecule has 0 bridgehead atoms. The molecule has 0 saturated heterocycles. The first-order valence-electron chi connectivity index (χ1n) is 13.9. The van der Waals surface area contributed by atoms with E-state index in [2.05, 4.69) is 15.5 Å². The van der Waals surface area contributed by atoms with Gasteiger partial charge in [-0.2, -0.15) is 0 Å². The minimum absolute atomic E-state index is 0.0469. The number of aromatic nitrogens is 3. The number of rotatable bonds is 10. The standard InChI is InChI=1S/C34H26FN5O3S/c35-28-14-10-24(11-15-28)22-44-34-38-37-32(39(34)29-16-18-30(19-17-29)40(42)43)31(20-23-6-2-1-3-7-23)36-33(41)27-13-12-25-8-4-5-9-26(25)21-27/h1-19,21,31H,20,22H2,(H,36,41). The average molecular weight is 604 g/mol. The lowest BCUT2D eigenvalue weighted by Gasteiger charge is -2.20. The number of thioether (sulfide) groups is 1. The number of nitro benzene ring substituents is 1. The summed E-state index contributed by atoms with van der Waals surface area (Å²) in [5.41, 5.74) is 2.94. The SMILES string of the molecule is O=C(NC(Cc1ccccc1)c1nnc(SCc2ccc(F)cc2)n1-c1ccc([N+](=O)[O-])cc1)c1ccc2ccccc2c1. The monoisotopic (exact) mass is 603 g/mol. The summed E-state index contributed by atoms with van der Waals surface area (Å²) in [6.45, 7) is 0. The number of non-ortho nitro benzene ring substituents is 1. The van der Waals surface area contributed by atoms with Crippen LogP contribution in [0, 0.1) is 15.9 Å². The number of nitrogens with one attached hydrogen (secondary N) is 1. The molecule has 0 aliphatic rings. The first-order valence-corrected chi connectivity index (χ1v) is 14.8. The highest BCUT2D eigenvalue weighted by Gasteiger charge is 2.26. The average Bonchev–Trinajstić information content (AvgIpc) is 3.48. The Labute approximate surface area is 256 Å². The summed E-state index contributed by atoms with van der Waals surface area (Å²) in [5, 5.41) is 26.1. The largest absolute Gasteiger partial charge is 0.342 e. The predicted octanol–water partition coefficient (Wildman–Crippen LogP) is 7.47. The highest BCUT2D eigenvalue weighted by molar-refractivity contribution is 7.98. The maximum Gasteiger partial charge on any atom is 0.269 e. The quantitative estimate of drug-likeness (QED) is 0.0990. The molecule has 1 amide bonds. The molecule has 1 heterocycles. The van der Waals surface area contributed by atoms with Crippen molar-refractivity contribution in [3.05, 3.63) is 160 Å². The zero-order valence-electron chi connectivity index (χ0n) is 23.3. The summed E-state index contributed by atoms with van der Waals surface area (Å²) in [6, 6.07) is 34.9. The number of fused-ring (bicyclic) bond motifs is 1. The van der Waals surface area contributed by atoms with Crippen LogP contribution < -0.4 is 5.32 Å². The first-order chi connectivity index (χ1) is 21.4. The van der Waals surface area contributed by atoms with Gasteiger partial charge in [0.15, 0.2) is 11.0 Å². The lowest BCUT2D eigenvalue weighted by Crippen LogP contribution is -2.32. The third kappa shape index (κ3) is 6.50. The summed E-state index contributed by atoms with van der Waals surface area (Å²) in [7, 11) is 0. The Kier molecular flexibility index (Phi) is 8.42. The van der Waals surface area contributed by atoms with Crippen molar-refractivity contribution in [3.63, 3.8) is 0 Å². The van der Waals surface area contributed by atoms with E-state index in [9.17, 15) is 19.3 Å². The van der Waals surface area contributed by atoms with E-state index < -0.39 is 11.0 Å². The molecule has 1 unspecified atom stereocenters. The zero-order valence-corrected chi connectivity index (χ0v) is 24.2. The summed E-state index contributed by atoms with van der Waals surface area (Å²) < 4.78 is 15.3.